The molecule has 26 heavy (non-hydrogen) atoms. The molecule has 0 amide bonds. The average molecular weight is 376 g/mol. The number of rotatable bonds is 6. The van der Waals surface area contributed by atoms with Crippen LogP contribution in [-0.2, 0) is 6.54 Å². The minimum Gasteiger partial charge on any atom is -0.493 e. The summed E-state index contributed by atoms with van der Waals surface area (Å²) in [5.41, 5.74) is 1.91. The molecule has 1 aliphatic rings. The molecule has 1 aliphatic heterocycles. The van der Waals surface area contributed by atoms with Gasteiger partial charge in [0, 0.05) is 17.1 Å². The van der Waals surface area contributed by atoms with Crippen molar-refractivity contribution in [3.05, 3.63) is 52.5 Å². The van der Waals surface area contributed by atoms with Crippen molar-refractivity contribution in [1.29, 1.82) is 0 Å². The fraction of sp³-hybridized carbons (Fsp3) is 0.350. The molecule has 0 spiro atoms. The molecule has 0 saturated carbocycles. The van der Waals surface area contributed by atoms with Crippen LogP contribution in [-0.4, -0.2) is 30.8 Å². The number of benzene rings is 2. The molecule has 0 fully saturated rings. The quantitative estimate of drug-likeness (QED) is 0.807. The van der Waals surface area contributed by atoms with E-state index >= 15 is 0 Å². The van der Waals surface area contributed by atoms with E-state index in [-0.39, 0.29) is 5.56 Å². The molecular formula is C20H22ClNO4. The van der Waals surface area contributed by atoms with Gasteiger partial charge in [0.1, 0.15) is 17.9 Å². The van der Waals surface area contributed by atoms with E-state index in [1.807, 2.05) is 24.3 Å². The Bertz CT molecular complexity index is 806. The number of halogens is 1. The third-order valence-corrected chi connectivity index (χ3v) is 4.36. The number of carbonyl (C=O) groups is 1. The van der Waals surface area contributed by atoms with Crippen molar-refractivity contribution in [3.8, 4) is 11.5 Å². The molecule has 5 nitrogen and oxygen atoms in total. The lowest BCUT2D eigenvalue weighted by molar-refractivity contribution is 0.0692. The van der Waals surface area contributed by atoms with E-state index in [0.29, 0.717) is 43.0 Å². The van der Waals surface area contributed by atoms with Crippen LogP contribution in [0.15, 0.2) is 36.4 Å². The molecule has 1 heterocycles. The summed E-state index contributed by atoms with van der Waals surface area (Å²) >= 11 is 6.19. The van der Waals surface area contributed by atoms with Crippen LogP contribution in [0, 0.1) is 5.92 Å². The van der Waals surface area contributed by atoms with Crippen molar-refractivity contribution in [3.63, 3.8) is 0 Å². The van der Waals surface area contributed by atoms with Crippen molar-refractivity contribution < 1.29 is 19.4 Å². The van der Waals surface area contributed by atoms with E-state index in [1.165, 1.54) is 0 Å². The average Bonchev–Trinajstić information content (AvgIpc) is 2.60. The van der Waals surface area contributed by atoms with Gasteiger partial charge in [0.15, 0.2) is 5.75 Å². The SMILES string of the molecule is CC(C)COc1ccc(Cl)cc1CN1CCOc2c(C(=O)O)cccc21. The maximum Gasteiger partial charge on any atom is 0.339 e. The summed E-state index contributed by atoms with van der Waals surface area (Å²) in [7, 11) is 0. The standard InChI is InChI=1S/C20H22ClNO4/c1-13(2)12-26-18-7-6-15(21)10-14(18)11-22-8-9-25-19-16(20(23)24)4-3-5-17(19)22/h3-7,10,13H,8-9,11-12H2,1-2H3,(H,23,24). The Hall–Kier alpha value is -2.40. The van der Waals surface area contributed by atoms with Gasteiger partial charge in [0.25, 0.3) is 0 Å². The minimum absolute atomic E-state index is 0.176. The molecule has 0 aromatic heterocycles. The minimum atomic E-state index is -0.993. The summed E-state index contributed by atoms with van der Waals surface area (Å²) in [6.07, 6.45) is 0. The highest BCUT2D eigenvalue weighted by atomic mass is 35.5. The zero-order valence-electron chi connectivity index (χ0n) is 14.9. The van der Waals surface area contributed by atoms with Gasteiger partial charge >= 0.3 is 5.97 Å². The molecule has 0 radical (unpaired) electrons. The number of anilines is 1. The summed E-state index contributed by atoms with van der Waals surface area (Å²) in [6.45, 7) is 6.47. The molecule has 3 rings (SSSR count). The monoisotopic (exact) mass is 375 g/mol. The number of aromatic carboxylic acids is 1. The van der Waals surface area contributed by atoms with Crippen molar-refractivity contribution in [2.24, 2.45) is 5.92 Å². The van der Waals surface area contributed by atoms with Crippen LogP contribution < -0.4 is 14.4 Å². The zero-order chi connectivity index (χ0) is 18.7. The number of nitrogens with zero attached hydrogens (tertiary/aromatic N) is 1. The van der Waals surface area contributed by atoms with E-state index in [9.17, 15) is 9.90 Å². The third kappa shape index (κ3) is 4.05. The Kier molecular flexibility index (Phi) is 5.57. The van der Waals surface area contributed by atoms with Gasteiger partial charge in [-0.1, -0.05) is 31.5 Å². The Labute approximate surface area is 158 Å². The second-order valence-electron chi connectivity index (χ2n) is 6.69. The first-order chi connectivity index (χ1) is 12.5. The van der Waals surface area contributed by atoms with Crippen molar-refractivity contribution >= 4 is 23.3 Å². The molecule has 0 saturated heterocycles. The Morgan fingerprint density at radius 3 is 2.88 bits per heavy atom. The molecule has 0 aliphatic carbocycles. The molecule has 0 atom stereocenters. The van der Waals surface area contributed by atoms with Crippen LogP contribution in [0.1, 0.15) is 29.8 Å². The lowest BCUT2D eigenvalue weighted by atomic mass is 10.1. The van der Waals surface area contributed by atoms with Crippen LogP contribution in [0.4, 0.5) is 5.69 Å². The molecule has 138 valence electrons. The fourth-order valence-corrected chi connectivity index (χ4v) is 3.11. The summed E-state index contributed by atoms with van der Waals surface area (Å²) in [6, 6.07) is 10.8. The summed E-state index contributed by atoms with van der Waals surface area (Å²) in [5.74, 6) is 0.636. The Morgan fingerprint density at radius 1 is 1.35 bits per heavy atom. The number of para-hydroxylation sites is 1. The van der Waals surface area contributed by atoms with Gasteiger partial charge in [-0.3, -0.25) is 0 Å². The maximum absolute atomic E-state index is 11.4. The number of carboxylic acid groups (broad SMARTS) is 1. The van der Waals surface area contributed by atoms with Crippen LogP contribution in [0.25, 0.3) is 0 Å². The highest BCUT2D eigenvalue weighted by Gasteiger charge is 2.24. The molecule has 0 bridgehead atoms. The number of fused-ring (bicyclic) bond motifs is 1. The summed E-state index contributed by atoms with van der Waals surface area (Å²) < 4.78 is 11.6. The van der Waals surface area contributed by atoms with Crippen LogP contribution >= 0.6 is 11.6 Å². The predicted molar refractivity (Wildman–Crippen MR) is 102 cm³/mol. The van der Waals surface area contributed by atoms with Gasteiger partial charge in [-0.15, -0.1) is 0 Å². The van der Waals surface area contributed by atoms with Crippen molar-refractivity contribution in [2.75, 3.05) is 24.7 Å². The highest BCUT2D eigenvalue weighted by Crippen LogP contribution is 2.37. The van der Waals surface area contributed by atoms with Gasteiger partial charge in [0.2, 0.25) is 0 Å². The first-order valence-electron chi connectivity index (χ1n) is 8.61. The molecule has 2 aromatic rings. The third-order valence-electron chi connectivity index (χ3n) is 4.13. The van der Waals surface area contributed by atoms with Crippen LogP contribution in [0.3, 0.4) is 0 Å². The highest BCUT2D eigenvalue weighted by molar-refractivity contribution is 6.30. The molecule has 6 heteroatoms. The Morgan fingerprint density at radius 2 is 2.15 bits per heavy atom. The van der Waals surface area contributed by atoms with E-state index in [4.69, 9.17) is 21.1 Å². The molecule has 2 aromatic carbocycles. The predicted octanol–water partition coefficient (Wildman–Crippen LogP) is 4.47. The first-order valence-corrected chi connectivity index (χ1v) is 8.98. The lowest BCUT2D eigenvalue weighted by Crippen LogP contribution is -2.33. The zero-order valence-corrected chi connectivity index (χ0v) is 15.6. The number of ether oxygens (including phenoxy) is 2. The normalized spacial score (nSPS) is 13.3. The van der Waals surface area contributed by atoms with Gasteiger partial charge in [-0.25, -0.2) is 4.79 Å². The van der Waals surface area contributed by atoms with Gasteiger partial charge in [-0.05, 0) is 36.2 Å². The topological polar surface area (TPSA) is 59.0 Å². The largest absolute Gasteiger partial charge is 0.493 e. The van der Waals surface area contributed by atoms with E-state index in [2.05, 4.69) is 18.7 Å². The maximum atomic E-state index is 11.4. The van der Waals surface area contributed by atoms with Gasteiger partial charge in [0.05, 0.1) is 18.8 Å². The number of hydrogen-bond donors (Lipinski definition) is 1. The fourth-order valence-electron chi connectivity index (χ4n) is 2.91. The summed E-state index contributed by atoms with van der Waals surface area (Å²) in [4.78, 5) is 13.5. The number of carboxylic acids is 1. The molecule has 1 N–H and O–H groups in total. The van der Waals surface area contributed by atoms with E-state index in [1.54, 1.807) is 12.1 Å². The van der Waals surface area contributed by atoms with E-state index < -0.39 is 5.97 Å². The number of hydrogen-bond acceptors (Lipinski definition) is 4. The summed E-state index contributed by atoms with van der Waals surface area (Å²) in [5, 5.41) is 10.0. The van der Waals surface area contributed by atoms with Crippen LogP contribution in [0.2, 0.25) is 5.02 Å². The second kappa shape index (κ2) is 7.87. The van der Waals surface area contributed by atoms with Gasteiger partial charge < -0.3 is 19.5 Å². The Balaban J connectivity index is 1.90. The van der Waals surface area contributed by atoms with Crippen LogP contribution in [0.5, 0.6) is 11.5 Å². The van der Waals surface area contributed by atoms with E-state index in [0.717, 1.165) is 17.0 Å². The lowest BCUT2D eigenvalue weighted by Gasteiger charge is -2.32. The van der Waals surface area contributed by atoms with Crippen molar-refractivity contribution in [2.45, 2.75) is 20.4 Å². The van der Waals surface area contributed by atoms with Gasteiger partial charge in [-0.2, -0.15) is 0 Å². The van der Waals surface area contributed by atoms with Crippen molar-refractivity contribution in [1.82, 2.24) is 0 Å². The smallest absolute Gasteiger partial charge is 0.339 e. The first kappa shape index (κ1) is 18.4. The molecule has 0 unspecified atom stereocenters. The molecular weight excluding hydrogens is 354 g/mol. The second-order valence-corrected chi connectivity index (χ2v) is 7.12.